The molecule has 4 N–H and O–H groups in total. The van der Waals surface area contributed by atoms with Gasteiger partial charge in [0.15, 0.2) is 5.17 Å². The molecule has 0 spiro atoms. The minimum atomic E-state index is 0.354. The van der Waals surface area contributed by atoms with Crippen molar-refractivity contribution in [2.45, 2.75) is 13.8 Å². The molecule has 0 aliphatic heterocycles. The number of hydrazine groups is 1. The molecule has 0 radical (unpaired) electrons. The lowest BCUT2D eigenvalue weighted by molar-refractivity contribution is 0.271. The molecule has 0 bridgehead atoms. The van der Waals surface area contributed by atoms with Crippen LogP contribution >= 0.6 is 12.6 Å². The van der Waals surface area contributed by atoms with E-state index in [9.17, 15) is 0 Å². The topological polar surface area (TPSA) is 70.9 Å². The molecule has 0 aromatic rings. The highest BCUT2D eigenvalue weighted by molar-refractivity contribution is 7.96. The molecule has 0 aliphatic carbocycles. The third-order valence-electron chi connectivity index (χ3n) is 1.92. The highest BCUT2D eigenvalue weighted by Gasteiger charge is 2.04. The average molecular weight is 205 g/mol. The summed E-state index contributed by atoms with van der Waals surface area (Å²) in [5, 5.41) is 5.17. The summed E-state index contributed by atoms with van der Waals surface area (Å²) < 4.78 is 0. The predicted octanol–water partition coefficient (Wildman–Crippen LogP) is -0.337. The smallest absolute Gasteiger partial charge is 0.193 e. The zero-order valence-electron chi connectivity index (χ0n) is 8.27. The van der Waals surface area contributed by atoms with E-state index in [2.05, 4.69) is 36.5 Å². The van der Waals surface area contributed by atoms with Crippen LogP contribution in [0.2, 0.25) is 0 Å². The van der Waals surface area contributed by atoms with Gasteiger partial charge >= 0.3 is 0 Å². The lowest BCUT2D eigenvalue weighted by Crippen LogP contribution is -2.41. The summed E-state index contributed by atoms with van der Waals surface area (Å²) in [5.74, 6) is 10.6. The summed E-state index contributed by atoms with van der Waals surface area (Å²) in [6.45, 7) is 7.84. The Kier molecular flexibility index (Phi) is 6.75. The summed E-state index contributed by atoms with van der Waals surface area (Å²) in [6, 6.07) is 0. The van der Waals surface area contributed by atoms with Gasteiger partial charge in [-0.25, -0.2) is 5.84 Å². The number of hydrazone groups is 1. The fraction of sp³-hybridized carbons (Fsp3) is 0.857. The average Bonchev–Trinajstić information content (AvgIpc) is 2.17. The summed E-state index contributed by atoms with van der Waals surface area (Å²) >= 11 is 3.99. The minimum Gasteiger partial charge on any atom is -0.321 e. The van der Waals surface area contributed by atoms with Crippen molar-refractivity contribution in [1.82, 2.24) is 9.91 Å². The van der Waals surface area contributed by atoms with Crippen LogP contribution in [0.15, 0.2) is 5.10 Å². The third kappa shape index (κ3) is 4.97. The molecule has 0 heterocycles. The first-order valence-electron chi connectivity index (χ1n) is 4.37. The lowest BCUT2D eigenvalue weighted by atomic mass is 10.4. The number of hydrogen-bond acceptors (Lipinski definition) is 4. The molecule has 0 rings (SSSR count). The van der Waals surface area contributed by atoms with E-state index < -0.39 is 0 Å². The molecule has 5 nitrogen and oxygen atoms in total. The molecular formula is C7H19N5S. The monoisotopic (exact) mass is 205 g/mol. The Morgan fingerprint density at radius 2 is 1.85 bits per heavy atom. The van der Waals surface area contributed by atoms with Gasteiger partial charge in [-0.15, -0.1) is 12.6 Å². The van der Waals surface area contributed by atoms with Crippen molar-refractivity contribution in [2.75, 3.05) is 26.2 Å². The van der Waals surface area contributed by atoms with E-state index in [0.29, 0.717) is 11.7 Å². The second-order valence-electron chi connectivity index (χ2n) is 2.65. The Labute approximate surface area is 85.1 Å². The number of rotatable bonds is 5. The summed E-state index contributed by atoms with van der Waals surface area (Å²) in [6.07, 6.45) is 0. The normalized spacial score (nSPS) is 12.2. The molecule has 0 fully saturated rings. The van der Waals surface area contributed by atoms with Crippen molar-refractivity contribution in [3.05, 3.63) is 0 Å². The lowest BCUT2D eigenvalue weighted by Gasteiger charge is -2.22. The number of thiol groups is 1. The van der Waals surface area contributed by atoms with Crippen molar-refractivity contribution in [3.8, 4) is 0 Å². The van der Waals surface area contributed by atoms with Gasteiger partial charge in [-0.1, -0.05) is 13.8 Å². The highest BCUT2D eigenvalue weighted by Crippen LogP contribution is 1.91. The second kappa shape index (κ2) is 6.99. The Bertz CT molecular complexity index is 157. The first-order chi connectivity index (χ1) is 6.15. The van der Waals surface area contributed by atoms with Crippen LogP contribution in [0.1, 0.15) is 13.8 Å². The van der Waals surface area contributed by atoms with E-state index in [-0.39, 0.29) is 0 Å². The van der Waals surface area contributed by atoms with Gasteiger partial charge in [-0.2, -0.15) is 5.10 Å². The Hall–Kier alpha value is -0.460. The molecule has 0 aliphatic rings. The first kappa shape index (κ1) is 12.5. The van der Waals surface area contributed by atoms with E-state index in [1.807, 2.05) is 0 Å². The van der Waals surface area contributed by atoms with Crippen molar-refractivity contribution in [1.29, 1.82) is 0 Å². The molecular weight excluding hydrogens is 186 g/mol. The second-order valence-corrected chi connectivity index (χ2v) is 3.05. The number of likely N-dealkylation sites (N-methyl/N-ethyl adjacent to an activating group) is 1. The van der Waals surface area contributed by atoms with Crippen LogP contribution in [0.5, 0.6) is 0 Å². The Morgan fingerprint density at radius 3 is 2.23 bits per heavy atom. The SMILES string of the molecule is CCN(CC)CCN(N)C(S)=NN. The Morgan fingerprint density at radius 1 is 1.31 bits per heavy atom. The van der Waals surface area contributed by atoms with Gasteiger partial charge in [-0.3, -0.25) is 5.01 Å². The van der Waals surface area contributed by atoms with Crippen LogP contribution in [0.3, 0.4) is 0 Å². The van der Waals surface area contributed by atoms with Crippen LogP contribution in [0, 0.1) is 0 Å². The number of hydrogen-bond donors (Lipinski definition) is 3. The van der Waals surface area contributed by atoms with Crippen LogP contribution in [-0.4, -0.2) is 41.3 Å². The fourth-order valence-electron chi connectivity index (χ4n) is 0.963. The summed E-state index contributed by atoms with van der Waals surface area (Å²) in [4.78, 5) is 2.26. The molecule has 78 valence electrons. The minimum absolute atomic E-state index is 0.354. The van der Waals surface area contributed by atoms with Gasteiger partial charge in [0.25, 0.3) is 0 Å². The van der Waals surface area contributed by atoms with E-state index in [1.54, 1.807) is 0 Å². The zero-order chi connectivity index (χ0) is 10.3. The van der Waals surface area contributed by atoms with E-state index in [1.165, 1.54) is 5.01 Å². The largest absolute Gasteiger partial charge is 0.321 e. The molecule has 0 aromatic carbocycles. The van der Waals surface area contributed by atoms with Crippen molar-refractivity contribution in [2.24, 2.45) is 16.8 Å². The van der Waals surface area contributed by atoms with E-state index in [4.69, 9.17) is 11.7 Å². The Balaban J connectivity index is 3.74. The standard InChI is InChI=1S/C7H19N5S/c1-3-11(4-2)5-6-12(9)7(13)10-8/h3-6,8-9H2,1-2H3,(H,10,13). The maximum atomic E-state index is 5.60. The predicted molar refractivity (Wildman–Crippen MR) is 59.3 cm³/mol. The molecule has 0 atom stereocenters. The van der Waals surface area contributed by atoms with Crippen LogP contribution < -0.4 is 11.7 Å². The molecule has 0 unspecified atom stereocenters. The van der Waals surface area contributed by atoms with Crippen molar-refractivity contribution < 1.29 is 0 Å². The van der Waals surface area contributed by atoms with Crippen LogP contribution in [-0.2, 0) is 0 Å². The van der Waals surface area contributed by atoms with Crippen LogP contribution in [0.25, 0.3) is 0 Å². The molecule has 6 heteroatoms. The molecule has 0 saturated heterocycles. The summed E-state index contributed by atoms with van der Waals surface area (Å²) in [7, 11) is 0. The first-order valence-corrected chi connectivity index (χ1v) is 4.81. The van der Waals surface area contributed by atoms with Gasteiger partial charge in [0.1, 0.15) is 0 Å². The number of amidine groups is 1. The van der Waals surface area contributed by atoms with Crippen molar-refractivity contribution in [3.63, 3.8) is 0 Å². The van der Waals surface area contributed by atoms with Gasteiger partial charge in [0.2, 0.25) is 0 Å². The molecule has 0 saturated carbocycles. The highest BCUT2D eigenvalue weighted by atomic mass is 32.1. The van der Waals surface area contributed by atoms with E-state index >= 15 is 0 Å². The number of nitrogens with zero attached hydrogens (tertiary/aromatic N) is 3. The van der Waals surface area contributed by atoms with Gasteiger partial charge < -0.3 is 10.7 Å². The fourth-order valence-corrected chi connectivity index (χ4v) is 1.06. The van der Waals surface area contributed by atoms with E-state index in [0.717, 1.165) is 19.6 Å². The quantitative estimate of drug-likeness (QED) is 0.189. The maximum absolute atomic E-state index is 5.60. The van der Waals surface area contributed by atoms with Gasteiger partial charge in [0, 0.05) is 13.1 Å². The van der Waals surface area contributed by atoms with Gasteiger partial charge in [-0.05, 0) is 13.1 Å². The molecule has 13 heavy (non-hydrogen) atoms. The third-order valence-corrected chi connectivity index (χ3v) is 2.30. The van der Waals surface area contributed by atoms with Gasteiger partial charge in [0.05, 0.1) is 0 Å². The van der Waals surface area contributed by atoms with Crippen LogP contribution in [0.4, 0.5) is 0 Å². The maximum Gasteiger partial charge on any atom is 0.193 e. The zero-order valence-corrected chi connectivity index (χ0v) is 9.17. The number of nitrogens with two attached hydrogens (primary N) is 2. The molecule has 0 aromatic heterocycles. The van der Waals surface area contributed by atoms with Crippen molar-refractivity contribution >= 4 is 17.8 Å². The summed E-state index contributed by atoms with van der Waals surface area (Å²) in [5.41, 5.74) is 0. The molecule has 0 amide bonds.